The first-order valence-corrected chi connectivity index (χ1v) is 10.5. The van der Waals surface area contributed by atoms with E-state index in [0.29, 0.717) is 0 Å². The molecule has 1 unspecified atom stereocenters. The van der Waals surface area contributed by atoms with Gasteiger partial charge < -0.3 is 0 Å². The summed E-state index contributed by atoms with van der Waals surface area (Å²) in [5, 5.41) is 0. The summed E-state index contributed by atoms with van der Waals surface area (Å²) < 4.78 is 14.2. The molecule has 15 heavy (non-hydrogen) atoms. The molecule has 0 aliphatic carbocycles. The van der Waals surface area contributed by atoms with E-state index in [1.807, 2.05) is 22.9 Å². The maximum Gasteiger partial charge on any atom is 0.123 e. The predicted octanol–water partition coefficient (Wildman–Crippen LogP) is 4.94. The molecule has 0 spiro atoms. The fourth-order valence-electron chi connectivity index (χ4n) is 1.17. The van der Waals surface area contributed by atoms with Crippen molar-refractivity contribution >= 4 is 59.6 Å². The molecular formula is C10H8FIS3. The van der Waals surface area contributed by atoms with Gasteiger partial charge in [-0.2, -0.15) is 0 Å². The van der Waals surface area contributed by atoms with Crippen LogP contribution < -0.4 is 0 Å². The number of hydrogen-bond acceptors (Lipinski definition) is 2. The lowest BCUT2D eigenvalue weighted by Crippen LogP contribution is -1.81. The summed E-state index contributed by atoms with van der Waals surface area (Å²) in [5.74, 6) is -0.176. The van der Waals surface area contributed by atoms with Crippen molar-refractivity contribution < 1.29 is 4.39 Å². The van der Waals surface area contributed by atoms with Crippen LogP contribution in [0.5, 0.6) is 0 Å². The lowest BCUT2D eigenvalue weighted by Gasteiger charge is -2.00. The molecule has 0 fully saturated rings. The Labute approximate surface area is 111 Å². The standard InChI is InChI=1S/C10H8FIS3/c1-13-10-6-9(14-15(10)12)7-2-4-8(11)5-3-7/h2-6H,1H3. The average Bonchev–Trinajstić information content (AvgIpc) is 2.61. The van der Waals surface area contributed by atoms with E-state index in [1.165, 1.54) is 21.2 Å². The first-order valence-electron chi connectivity index (χ1n) is 4.18. The van der Waals surface area contributed by atoms with Gasteiger partial charge in [-0.05, 0) is 36.7 Å². The molecule has 1 aromatic rings. The van der Waals surface area contributed by atoms with Crippen LogP contribution in [0.2, 0.25) is 0 Å². The minimum Gasteiger partial charge on any atom is -0.207 e. The van der Waals surface area contributed by atoms with E-state index >= 15 is 0 Å². The fraction of sp³-hybridized carbons (Fsp3) is 0.100. The molecule has 1 aliphatic heterocycles. The van der Waals surface area contributed by atoms with Gasteiger partial charge in [-0.1, -0.05) is 22.9 Å². The van der Waals surface area contributed by atoms with Gasteiger partial charge in [0.15, 0.2) is 0 Å². The summed E-state index contributed by atoms with van der Waals surface area (Å²) >= 11 is 4.24. The largest absolute Gasteiger partial charge is 0.207 e. The van der Waals surface area contributed by atoms with E-state index in [4.69, 9.17) is 0 Å². The normalized spacial score (nSPS) is 20.6. The van der Waals surface area contributed by atoms with Gasteiger partial charge in [0.1, 0.15) is 5.82 Å². The Morgan fingerprint density at radius 2 is 2.00 bits per heavy atom. The molecular weight excluding hydrogens is 362 g/mol. The van der Waals surface area contributed by atoms with Crippen molar-refractivity contribution in [2.75, 3.05) is 6.26 Å². The van der Waals surface area contributed by atoms with Crippen molar-refractivity contribution in [2.24, 2.45) is 0 Å². The Bertz CT molecular complexity index is 436. The van der Waals surface area contributed by atoms with Gasteiger partial charge in [-0.25, -0.2) is 4.39 Å². The Balaban J connectivity index is 2.26. The fourth-order valence-corrected chi connectivity index (χ4v) is 8.88. The van der Waals surface area contributed by atoms with Gasteiger partial charge in [-0.3, -0.25) is 0 Å². The summed E-state index contributed by atoms with van der Waals surface area (Å²) in [6, 6.07) is 6.70. The second kappa shape index (κ2) is 5.25. The topological polar surface area (TPSA) is 0 Å². The molecule has 1 aliphatic rings. The number of hydrogen-bond donors (Lipinski definition) is 0. The van der Waals surface area contributed by atoms with Gasteiger partial charge >= 0.3 is 0 Å². The summed E-state index contributed by atoms with van der Waals surface area (Å²) in [6.45, 7) is 0.233. The maximum absolute atomic E-state index is 12.8. The molecule has 5 heteroatoms. The van der Waals surface area contributed by atoms with Crippen LogP contribution in [-0.4, -0.2) is 10.5 Å². The van der Waals surface area contributed by atoms with Crippen LogP contribution in [0.3, 0.4) is 0 Å². The van der Waals surface area contributed by atoms with Gasteiger partial charge in [0.2, 0.25) is 0 Å². The predicted molar refractivity (Wildman–Crippen MR) is 82.1 cm³/mol. The highest BCUT2D eigenvalue weighted by Crippen LogP contribution is 2.54. The number of rotatable bonds is 1. The first-order chi connectivity index (χ1) is 7.20. The van der Waals surface area contributed by atoms with Crippen molar-refractivity contribution in [2.45, 2.75) is 0 Å². The quantitative estimate of drug-likeness (QED) is 0.390. The van der Waals surface area contributed by atoms with E-state index in [1.54, 1.807) is 11.8 Å². The van der Waals surface area contributed by atoms with Crippen LogP contribution in [0.25, 0.3) is 4.91 Å². The van der Waals surface area contributed by atoms with E-state index in [9.17, 15) is 4.39 Å². The third-order valence-corrected chi connectivity index (χ3v) is 10.3. The van der Waals surface area contributed by atoms with Gasteiger partial charge in [0.25, 0.3) is 0 Å². The summed E-state index contributed by atoms with van der Waals surface area (Å²) in [7, 11) is 1.85. The third kappa shape index (κ3) is 2.81. The molecule has 0 saturated carbocycles. The smallest absolute Gasteiger partial charge is 0.123 e. The summed E-state index contributed by atoms with van der Waals surface area (Å²) in [6.07, 6.45) is 4.30. The summed E-state index contributed by atoms with van der Waals surface area (Å²) in [5.41, 5.74) is 1.11. The second-order valence-electron chi connectivity index (χ2n) is 2.85. The van der Waals surface area contributed by atoms with E-state index in [-0.39, 0.29) is 12.5 Å². The van der Waals surface area contributed by atoms with Crippen molar-refractivity contribution in [1.82, 2.24) is 0 Å². The van der Waals surface area contributed by atoms with Crippen molar-refractivity contribution in [3.8, 4) is 0 Å². The highest BCUT2D eigenvalue weighted by molar-refractivity contribution is 14.2. The van der Waals surface area contributed by atoms with Gasteiger partial charge in [-0.15, -0.1) is 11.8 Å². The number of halogens is 2. The molecule has 0 amide bonds. The Morgan fingerprint density at radius 1 is 1.33 bits per heavy atom. The van der Waals surface area contributed by atoms with E-state index in [0.717, 1.165) is 5.56 Å². The van der Waals surface area contributed by atoms with Gasteiger partial charge in [0.05, 0.1) is 4.20 Å². The molecule has 0 N–H and O–H groups in total. The zero-order valence-electron chi connectivity index (χ0n) is 7.87. The van der Waals surface area contributed by atoms with Crippen LogP contribution in [0.4, 0.5) is 4.39 Å². The van der Waals surface area contributed by atoms with E-state index in [2.05, 4.69) is 33.5 Å². The first kappa shape index (κ1) is 12.0. The maximum atomic E-state index is 12.8. The lowest BCUT2D eigenvalue weighted by molar-refractivity contribution is 0.628. The van der Waals surface area contributed by atoms with Crippen LogP contribution in [0.1, 0.15) is 5.56 Å². The molecule has 1 atom stereocenters. The highest BCUT2D eigenvalue weighted by Gasteiger charge is 2.14. The SMILES string of the molecule is CSC1=S(I)SC(c2ccc(F)cc2)=C1. The molecule has 1 aromatic carbocycles. The minimum absolute atomic E-state index is 0.176. The Morgan fingerprint density at radius 3 is 2.53 bits per heavy atom. The Kier molecular flexibility index (Phi) is 4.20. The average molecular weight is 370 g/mol. The second-order valence-corrected chi connectivity index (χ2v) is 11.4. The zero-order valence-corrected chi connectivity index (χ0v) is 12.5. The lowest BCUT2D eigenvalue weighted by atomic mass is 10.2. The van der Waals surface area contributed by atoms with Crippen LogP contribution in [0, 0.1) is 5.82 Å². The minimum atomic E-state index is -0.176. The molecule has 0 nitrogen and oxygen atoms in total. The zero-order chi connectivity index (χ0) is 10.8. The number of benzene rings is 1. The van der Waals surface area contributed by atoms with Crippen LogP contribution in [0.15, 0.2) is 30.3 Å². The highest BCUT2D eigenvalue weighted by atomic mass is 127. The molecule has 80 valence electrons. The van der Waals surface area contributed by atoms with E-state index < -0.39 is 0 Å². The molecule has 0 aromatic heterocycles. The van der Waals surface area contributed by atoms with Crippen LogP contribution in [-0.2, 0) is 0 Å². The molecule has 0 radical (unpaired) electrons. The molecule has 0 bridgehead atoms. The monoisotopic (exact) mass is 370 g/mol. The van der Waals surface area contributed by atoms with Crippen molar-refractivity contribution in [3.05, 3.63) is 41.7 Å². The number of thioether (sulfide) groups is 1. The third-order valence-electron chi connectivity index (χ3n) is 1.90. The summed E-state index contributed by atoms with van der Waals surface area (Å²) in [4.78, 5) is 1.25. The molecule has 0 saturated heterocycles. The van der Waals surface area contributed by atoms with Gasteiger partial charge in [0, 0.05) is 26.1 Å². The van der Waals surface area contributed by atoms with Crippen LogP contribution >= 0.6 is 50.4 Å². The molecule has 2 rings (SSSR count). The van der Waals surface area contributed by atoms with Crippen molar-refractivity contribution in [1.29, 1.82) is 0 Å². The Hall–Kier alpha value is 0.540. The molecule has 1 heterocycles. The van der Waals surface area contributed by atoms with Crippen molar-refractivity contribution in [3.63, 3.8) is 0 Å².